The maximum absolute atomic E-state index is 12.3. The van der Waals surface area contributed by atoms with Gasteiger partial charge in [0, 0.05) is 31.2 Å². The van der Waals surface area contributed by atoms with E-state index in [1.54, 1.807) is 4.90 Å². The molecule has 0 aliphatic heterocycles. The van der Waals surface area contributed by atoms with Gasteiger partial charge in [0.2, 0.25) is 0 Å². The molecule has 0 aliphatic carbocycles. The van der Waals surface area contributed by atoms with E-state index < -0.39 is 0 Å². The van der Waals surface area contributed by atoms with Gasteiger partial charge in [-0.2, -0.15) is 0 Å². The lowest BCUT2D eigenvalue weighted by Gasteiger charge is -2.19. The molecule has 0 saturated carbocycles. The molecule has 3 aromatic heterocycles. The summed E-state index contributed by atoms with van der Waals surface area (Å²) >= 11 is 0. The van der Waals surface area contributed by atoms with Crippen molar-refractivity contribution in [3.05, 3.63) is 54.9 Å². The van der Waals surface area contributed by atoms with Gasteiger partial charge in [0.05, 0.1) is 22.4 Å². The quantitative estimate of drug-likeness (QED) is 0.481. The number of H-pyrrole nitrogens is 2. The van der Waals surface area contributed by atoms with Crippen LogP contribution in [0.15, 0.2) is 54.9 Å². The maximum Gasteiger partial charge on any atom is 0.321 e. The van der Waals surface area contributed by atoms with E-state index in [0.717, 1.165) is 33.8 Å². The summed E-state index contributed by atoms with van der Waals surface area (Å²) in [6.07, 6.45) is 3.73. The molecule has 0 bridgehead atoms. The van der Waals surface area contributed by atoms with Crippen molar-refractivity contribution in [1.82, 2.24) is 24.8 Å². The summed E-state index contributed by atoms with van der Waals surface area (Å²) in [5.74, 6) is 0. The molecule has 0 spiro atoms. The lowest BCUT2D eigenvalue weighted by molar-refractivity contribution is 0.217. The molecule has 7 nitrogen and oxygen atoms in total. The fourth-order valence-electron chi connectivity index (χ4n) is 3.18. The first-order valence-corrected chi connectivity index (χ1v) is 9.34. The van der Waals surface area contributed by atoms with E-state index in [0.29, 0.717) is 18.8 Å². The van der Waals surface area contributed by atoms with Crippen molar-refractivity contribution in [2.75, 3.05) is 18.4 Å². The van der Waals surface area contributed by atoms with Crippen LogP contribution in [0.25, 0.3) is 33.8 Å². The molecule has 1 aromatic carbocycles. The number of carbonyl (C=O) groups excluding carboxylic acids is 1. The fraction of sp³-hybridized carbons (Fsp3) is 0.190. The van der Waals surface area contributed by atoms with Crippen LogP contribution in [-0.2, 0) is 0 Å². The standard InChI is InChI=1S/C21H22N6O/c1-3-27(4-2)21(28)24-14-9-10-15-18(13-14)26-20(17-8-6-12-23-17)19(25-15)16-7-5-11-22-16/h5-13,22-23H,3-4H2,1-2H3,(H,24,28). The number of benzene rings is 1. The predicted octanol–water partition coefficient (Wildman–Crippen LogP) is 4.49. The summed E-state index contributed by atoms with van der Waals surface area (Å²) in [6, 6.07) is 13.3. The zero-order valence-corrected chi connectivity index (χ0v) is 15.9. The van der Waals surface area contributed by atoms with Gasteiger partial charge in [0.15, 0.2) is 0 Å². The third kappa shape index (κ3) is 3.34. The zero-order valence-electron chi connectivity index (χ0n) is 15.9. The number of urea groups is 1. The largest absolute Gasteiger partial charge is 0.360 e. The number of aromatic nitrogens is 4. The van der Waals surface area contributed by atoms with Crippen LogP contribution in [-0.4, -0.2) is 44.0 Å². The number of nitrogens with zero attached hydrogens (tertiary/aromatic N) is 3. The average Bonchev–Trinajstić information content (AvgIpc) is 3.42. The minimum atomic E-state index is -0.120. The molecule has 3 N–H and O–H groups in total. The molecule has 28 heavy (non-hydrogen) atoms. The van der Waals surface area contributed by atoms with Crippen LogP contribution < -0.4 is 5.32 Å². The minimum absolute atomic E-state index is 0.120. The number of hydrogen-bond donors (Lipinski definition) is 3. The second-order valence-corrected chi connectivity index (χ2v) is 6.39. The van der Waals surface area contributed by atoms with Gasteiger partial charge in [0.1, 0.15) is 11.4 Å². The van der Waals surface area contributed by atoms with E-state index in [9.17, 15) is 4.79 Å². The van der Waals surface area contributed by atoms with E-state index in [2.05, 4.69) is 15.3 Å². The molecule has 3 heterocycles. The SMILES string of the molecule is CCN(CC)C(=O)Nc1ccc2nc(-c3ccc[nH]3)c(-c3ccc[nH]3)nc2c1. The average molecular weight is 374 g/mol. The first kappa shape index (κ1) is 17.8. The molecule has 0 unspecified atom stereocenters. The third-order valence-corrected chi connectivity index (χ3v) is 4.67. The van der Waals surface area contributed by atoms with Crippen LogP contribution >= 0.6 is 0 Å². The normalized spacial score (nSPS) is 10.9. The van der Waals surface area contributed by atoms with Crippen molar-refractivity contribution < 1.29 is 4.79 Å². The number of amides is 2. The van der Waals surface area contributed by atoms with Crippen LogP contribution in [0.3, 0.4) is 0 Å². The topological polar surface area (TPSA) is 89.7 Å². The molecule has 7 heteroatoms. The van der Waals surface area contributed by atoms with Crippen molar-refractivity contribution in [2.45, 2.75) is 13.8 Å². The Balaban J connectivity index is 1.77. The predicted molar refractivity (Wildman–Crippen MR) is 111 cm³/mol. The van der Waals surface area contributed by atoms with Crippen LogP contribution in [0.5, 0.6) is 0 Å². The third-order valence-electron chi connectivity index (χ3n) is 4.67. The number of anilines is 1. The second-order valence-electron chi connectivity index (χ2n) is 6.39. The van der Waals surface area contributed by atoms with E-state index >= 15 is 0 Å². The molecular weight excluding hydrogens is 352 g/mol. The molecular formula is C21H22N6O. The highest BCUT2D eigenvalue weighted by Crippen LogP contribution is 2.30. The van der Waals surface area contributed by atoms with Gasteiger partial charge >= 0.3 is 6.03 Å². The molecule has 4 aromatic rings. The lowest BCUT2D eigenvalue weighted by Crippen LogP contribution is -2.34. The molecule has 4 rings (SSSR count). The van der Waals surface area contributed by atoms with Crippen LogP contribution in [0.4, 0.5) is 10.5 Å². The van der Waals surface area contributed by atoms with E-state index in [1.807, 2.05) is 68.7 Å². The van der Waals surface area contributed by atoms with Crippen molar-refractivity contribution in [1.29, 1.82) is 0 Å². The Morgan fingerprint density at radius 3 is 2.07 bits per heavy atom. The highest BCUT2D eigenvalue weighted by Gasteiger charge is 2.15. The van der Waals surface area contributed by atoms with Gasteiger partial charge in [-0.3, -0.25) is 0 Å². The van der Waals surface area contributed by atoms with Gasteiger partial charge in [-0.1, -0.05) is 0 Å². The Morgan fingerprint density at radius 2 is 1.54 bits per heavy atom. The Hall–Kier alpha value is -3.61. The highest BCUT2D eigenvalue weighted by atomic mass is 16.2. The molecule has 0 atom stereocenters. The number of aromatic amines is 2. The monoisotopic (exact) mass is 374 g/mol. The molecule has 2 amide bonds. The van der Waals surface area contributed by atoms with Crippen molar-refractivity contribution in [3.63, 3.8) is 0 Å². The smallest absolute Gasteiger partial charge is 0.321 e. The Bertz CT molecular complexity index is 1080. The minimum Gasteiger partial charge on any atom is -0.360 e. The Labute approximate surface area is 162 Å². The summed E-state index contributed by atoms with van der Waals surface area (Å²) in [5, 5.41) is 2.94. The number of fused-ring (bicyclic) bond motifs is 1. The van der Waals surface area contributed by atoms with Gasteiger partial charge in [-0.25, -0.2) is 14.8 Å². The van der Waals surface area contributed by atoms with Crippen molar-refractivity contribution in [3.8, 4) is 22.8 Å². The van der Waals surface area contributed by atoms with E-state index in [-0.39, 0.29) is 6.03 Å². The van der Waals surface area contributed by atoms with Gasteiger partial charge < -0.3 is 20.2 Å². The first-order chi connectivity index (χ1) is 13.7. The zero-order chi connectivity index (χ0) is 19.5. The summed E-state index contributed by atoms with van der Waals surface area (Å²) in [7, 11) is 0. The van der Waals surface area contributed by atoms with E-state index in [1.165, 1.54) is 0 Å². The Morgan fingerprint density at radius 1 is 0.929 bits per heavy atom. The summed E-state index contributed by atoms with van der Waals surface area (Å²) in [4.78, 5) is 30.2. The summed E-state index contributed by atoms with van der Waals surface area (Å²) < 4.78 is 0. The van der Waals surface area contributed by atoms with Crippen molar-refractivity contribution >= 4 is 22.8 Å². The molecule has 0 radical (unpaired) electrons. The lowest BCUT2D eigenvalue weighted by atomic mass is 10.1. The highest BCUT2D eigenvalue weighted by molar-refractivity contribution is 5.93. The number of carbonyl (C=O) groups is 1. The number of hydrogen-bond acceptors (Lipinski definition) is 3. The molecule has 0 aliphatic rings. The maximum atomic E-state index is 12.3. The molecule has 0 saturated heterocycles. The van der Waals surface area contributed by atoms with Gasteiger partial charge in [-0.15, -0.1) is 0 Å². The molecule has 142 valence electrons. The van der Waals surface area contributed by atoms with Crippen molar-refractivity contribution in [2.24, 2.45) is 0 Å². The van der Waals surface area contributed by atoms with Gasteiger partial charge in [-0.05, 0) is 56.3 Å². The molecule has 0 fully saturated rings. The number of nitrogens with one attached hydrogen (secondary N) is 3. The Kier molecular flexibility index (Phi) is 4.80. The summed E-state index contributed by atoms with van der Waals surface area (Å²) in [6.45, 7) is 5.23. The van der Waals surface area contributed by atoms with Crippen LogP contribution in [0.2, 0.25) is 0 Å². The second kappa shape index (κ2) is 7.56. The van der Waals surface area contributed by atoms with Crippen LogP contribution in [0, 0.1) is 0 Å². The van der Waals surface area contributed by atoms with Crippen LogP contribution in [0.1, 0.15) is 13.8 Å². The first-order valence-electron chi connectivity index (χ1n) is 9.34. The van der Waals surface area contributed by atoms with E-state index in [4.69, 9.17) is 9.97 Å². The fourth-order valence-corrected chi connectivity index (χ4v) is 3.18. The van der Waals surface area contributed by atoms with Gasteiger partial charge in [0.25, 0.3) is 0 Å². The summed E-state index contributed by atoms with van der Waals surface area (Å²) in [5.41, 5.74) is 5.50. The number of rotatable bonds is 5.